The minimum absolute atomic E-state index is 0.0418. The van der Waals surface area contributed by atoms with E-state index in [9.17, 15) is 18.3 Å². The molecular weight excluding hydrogens is 385 g/mol. The molecule has 1 aromatic heterocycles. The second kappa shape index (κ2) is 8.41. The van der Waals surface area contributed by atoms with E-state index in [4.69, 9.17) is 21.1 Å². The van der Waals surface area contributed by atoms with Crippen molar-refractivity contribution in [3.05, 3.63) is 52.6 Å². The summed E-state index contributed by atoms with van der Waals surface area (Å²) in [6.45, 7) is 3.45. The maximum atomic E-state index is 13.8. The number of ether oxygens (including phenoxy) is 2. The number of methoxy groups -OCH3 is 1. The van der Waals surface area contributed by atoms with Crippen LogP contribution in [0.15, 0.2) is 30.6 Å². The van der Waals surface area contributed by atoms with E-state index in [0.29, 0.717) is 18.1 Å². The average molecular weight is 405 g/mol. The molecule has 148 valence electrons. The summed E-state index contributed by atoms with van der Waals surface area (Å²) in [5.41, 5.74) is -3.30. The van der Waals surface area contributed by atoms with Crippen molar-refractivity contribution in [1.29, 1.82) is 0 Å². The largest absolute Gasteiger partial charge is 0.491 e. The van der Waals surface area contributed by atoms with Crippen molar-refractivity contribution >= 4 is 11.6 Å². The molecule has 0 bridgehead atoms. The van der Waals surface area contributed by atoms with Gasteiger partial charge in [-0.3, -0.25) is 9.97 Å². The maximum absolute atomic E-state index is 13.8. The van der Waals surface area contributed by atoms with Crippen molar-refractivity contribution in [1.82, 2.24) is 9.97 Å². The standard InChI is InChI=1S/C18H20ClF3N2O3/c1-11-9-24-16(10-23-11)17(25,18(20,21)22)12(2)14-5-4-13(8-15(14)19)27-7-6-26-3/h4-5,8-10,12,25H,6-7H2,1-3H3. The second-order valence-electron chi connectivity index (χ2n) is 6.05. The lowest BCUT2D eigenvalue weighted by Crippen LogP contribution is -2.47. The molecule has 0 saturated carbocycles. The van der Waals surface area contributed by atoms with Crippen LogP contribution in [0, 0.1) is 6.92 Å². The fourth-order valence-electron chi connectivity index (χ4n) is 2.62. The summed E-state index contributed by atoms with van der Waals surface area (Å²) in [5.74, 6) is -1.05. The number of halogens is 4. The SMILES string of the molecule is COCCOc1ccc(C(C)C(O)(c2cnc(C)cn2)C(F)(F)F)c(Cl)c1. The van der Waals surface area contributed by atoms with Crippen LogP contribution >= 0.6 is 11.6 Å². The Bertz CT molecular complexity index is 771. The van der Waals surface area contributed by atoms with Crippen LogP contribution in [0.3, 0.4) is 0 Å². The molecular formula is C18H20ClF3N2O3. The molecule has 0 aliphatic rings. The van der Waals surface area contributed by atoms with Crippen LogP contribution in [-0.4, -0.2) is 41.6 Å². The highest BCUT2D eigenvalue weighted by molar-refractivity contribution is 6.31. The van der Waals surface area contributed by atoms with E-state index in [0.717, 1.165) is 6.20 Å². The van der Waals surface area contributed by atoms with Crippen LogP contribution in [0.1, 0.15) is 29.8 Å². The molecule has 0 aliphatic carbocycles. The van der Waals surface area contributed by atoms with E-state index in [-0.39, 0.29) is 17.2 Å². The van der Waals surface area contributed by atoms with Crippen molar-refractivity contribution in [3.8, 4) is 5.75 Å². The molecule has 5 nitrogen and oxygen atoms in total. The summed E-state index contributed by atoms with van der Waals surface area (Å²) < 4.78 is 51.8. The number of aliphatic hydroxyl groups is 1. The first-order valence-corrected chi connectivity index (χ1v) is 8.48. The molecule has 2 rings (SSSR count). The highest BCUT2D eigenvalue weighted by Gasteiger charge is 2.60. The molecule has 0 aliphatic heterocycles. The van der Waals surface area contributed by atoms with Gasteiger partial charge in [0, 0.05) is 24.2 Å². The van der Waals surface area contributed by atoms with E-state index in [1.807, 2.05) is 0 Å². The van der Waals surface area contributed by atoms with Gasteiger partial charge in [0.2, 0.25) is 5.60 Å². The molecule has 1 N–H and O–H groups in total. The first-order chi connectivity index (χ1) is 12.6. The van der Waals surface area contributed by atoms with Gasteiger partial charge in [-0.25, -0.2) is 0 Å². The fourth-order valence-corrected chi connectivity index (χ4v) is 2.95. The van der Waals surface area contributed by atoms with Crippen LogP contribution < -0.4 is 4.74 Å². The summed E-state index contributed by atoms with van der Waals surface area (Å²) in [7, 11) is 1.52. The zero-order valence-electron chi connectivity index (χ0n) is 15.0. The van der Waals surface area contributed by atoms with Gasteiger partial charge < -0.3 is 14.6 Å². The predicted molar refractivity (Wildman–Crippen MR) is 94.0 cm³/mol. The van der Waals surface area contributed by atoms with Crippen molar-refractivity contribution < 1.29 is 27.8 Å². The van der Waals surface area contributed by atoms with Crippen molar-refractivity contribution in [3.63, 3.8) is 0 Å². The van der Waals surface area contributed by atoms with Gasteiger partial charge in [0.25, 0.3) is 0 Å². The fraction of sp³-hybridized carbons (Fsp3) is 0.444. The Balaban J connectivity index is 2.41. The minimum atomic E-state index is -4.99. The first kappa shape index (κ1) is 21.4. The van der Waals surface area contributed by atoms with Gasteiger partial charge in [0.1, 0.15) is 18.1 Å². The van der Waals surface area contributed by atoms with Crippen molar-refractivity contribution in [2.75, 3.05) is 20.3 Å². The number of rotatable bonds is 7. The molecule has 0 spiro atoms. The van der Waals surface area contributed by atoms with Gasteiger partial charge in [-0.05, 0) is 24.6 Å². The topological polar surface area (TPSA) is 64.5 Å². The Morgan fingerprint density at radius 1 is 1.19 bits per heavy atom. The van der Waals surface area contributed by atoms with Crippen LogP contribution in [0.25, 0.3) is 0 Å². The Hall–Kier alpha value is -1.90. The van der Waals surface area contributed by atoms with E-state index in [1.54, 1.807) is 6.92 Å². The second-order valence-corrected chi connectivity index (χ2v) is 6.46. The van der Waals surface area contributed by atoms with Gasteiger partial charge in [-0.2, -0.15) is 13.2 Å². The highest BCUT2D eigenvalue weighted by atomic mass is 35.5. The highest BCUT2D eigenvalue weighted by Crippen LogP contribution is 2.49. The number of benzene rings is 1. The molecule has 2 aromatic rings. The monoisotopic (exact) mass is 404 g/mol. The van der Waals surface area contributed by atoms with E-state index in [1.165, 1.54) is 38.4 Å². The summed E-state index contributed by atoms with van der Waals surface area (Å²) in [6, 6.07) is 4.29. The van der Waals surface area contributed by atoms with E-state index in [2.05, 4.69) is 9.97 Å². The Morgan fingerprint density at radius 2 is 1.89 bits per heavy atom. The Labute approximate surface area is 160 Å². The molecule has 2 unspecified atom stereocenters. The summed E-state index contributed by atoms with van der Waals surface area (Å²) >= 11 is 6.18. The number of hydrogen-bond donors (Lipinski definition) is 1. The van der Waals surface area contributed by atoms with Gasteiger partial charge in [-0.1, -0.05) is 24.6 Å². The van der Waals surface area contributed by atoms with Crippen LogP contribution in [-0.2, 0) is 10.3 Å². The van der Waals surface area contributed by atoms with Crippen LogP contribution in [0.2, 0.25) is 5.02 Å². The Morgan fingerprint density at radius 3 is 2.41 bits per heavy atom. The zero-order chi connectivity index (χ0) is 20.2. The third-order valence-electron chi connectivity index (χ3n) is 4.22. The lowest BCUT2D eigenvalue weighted by molar-refractivity contribution is -0.276. The predicted octanol–water partition coefficient (Wildman–Crippen LogP) is 4.02. The lowest BCUT2D eigenvalue weighted by Gasteiger charge is -2.35. The number of hydrogen-bond acceptors (Lipinski definition) is 5. The number of alkyl halides is 3. The van der Waals surface area contributed by atoms with Crippen LogP contribution in [0.4, 0.5) is 13.2 Å². The smallest absolute Gasteiger partial charge is 0.423 e. The third kappa shape index (κ3) is 4.51. The molecule has 0 amide bonds. The van der Waals surface area contributed by atoms with Gasteiger partial charge >= 0.3 is 6.18 Å². The van der Waals surface area contributed by atoms with E-state index < -0.39 is 23.4 Å². The molecule has 27 heavy (non-hydrogen) atoms. The van der Waals surface area contributed by atoms with Gasteiger partial charge in [0.05, 0.1) is 18.5 Å². The summed E-state index contributed by atoms with van der Waals surface area (Å²) in [5, 5.41) is 10.7. The number of aromatic nitrogens is 2. The summed E-state index contributed by atoms with van der Waals surface area (Å²) in [6.07, 6.45) is -2.89. The normalized spacial score (nSPS) is 15.3. The number of nitrogens with zero attached hydrogens (tertiary/aromatic N) is 2. The van der Waals surface area contributed by atoms with Gasteiger partial charge in [-0.15, -0.1) is 0 Å². The first-order valence-electron chi connectivity index (χ1n) is 8.10. The van der Waals surface area contributed by atoms with E-state index >= 15 is 0 Å². The molecule has 0 saturated heterocycles. The molecule has 0 fully saturated rings. The van der Waals surface area contributed by atoms with Crippen molar-refractivity contribution in [2.45, 2.75) is 31.5 Å². The molecule has 9 heteroatoms. The van der Waals surface area contributed by atoms with Crippen molar-refractivity contribution in [2.24, 2.45) is 0 Å². The molecule has 2 atom stereocenters. The average Bonchev–Trinajstić information content (AvgIpc) is 2.60. The quantitative estimate of drug-likeness (QED) is 0.706. The minimum Gasteiger partial charge on any atom is -0.491 e. The summed E-state index contributed by atoms with van der Waals surface area (Å²) in [4.78, 5) is 7.57. The lowest BCUT2D eigenvalue weighted by atomic mass is 9.80. The maximum Gasteiger partial charge on any atom is 0.423 e. The molecule has 1 heterocycles. The van der Waals surface area contributed by atoms with Gasteiger partial charge in [0.15, 0.2) is 0 Å². The Kier molecular flexibility index (Phi) is 6.67. The van der Waals surface area contributed by atoms with Crippen LogP contribution in [0.5, 0.6) is 5.75 Å². The molecule has 0 radical (unpaired) electrons. The zero-order valence-corrected chi connectivity index (χ0v) is 15.8. The third-order valence-corrected chi connectivity index (χ3v) is 4.55. The number of aryl methyl sites for hydroxylation is 1. The molecule has 1 aromatic carbocycles.